The van der Waals surface area contributed by atoms with E-state index in [1.807, 2.05) is 0 Å². The zero-order chi connectivity index (χ0) is 9.14. The Kier molecular flexibility index (Phi) is 2.32. The smallest absolute Gasteiger partial charge is 0.195 e. The number of hydrogen-bond donors (Lipinski definition) is 1. The molecule has 1 rings (SSSR count). The first-order valence-corrected chi connectivity index (χ1v) is 2.97. The molecule has 0 aliphatic carbocycles. The molecule has 2 nitrogen and oxygen atoms in total. The number of oxime groups is 1. The van der Waals surface area contributed by atoms with Gasteiger partial charge in [-0.1, -0.05) is 5.16 Å². The molecule has 0 aliphatic heterocycles. The number of hydrogen-bond acceptors (Lipinski definition) is 2. The fraction of sp³-hybridized carbons (Fsp3) is 0. The topological polar surface area (TPSA) is 32.6 Å². The average molecular weight is 175 g/mol. The largest absolute Gasteiger partial charge is 0.411 e. The minimum atomic E-state index is -1.58. The Morgan fingerprint density at radius 2 is 1.83 bits per heavy atom. The van der Waals surface area contributed by atoms with Crippen molar-refractivity contribution in [2.24, 2.45) is 5.16 Å². The summed E-state index contributed by atoms with van der Waals surface area (Å²) < 4.78 is 37.3. The van der Waals surface area contributed by atoms with Crippen molar-refractivity contribution in [1.82, 2.24) is 0 Å². The third-order valence-corrected chi connectivity index (χ3v) is 1.26. The summed E-state index contributed by atoms with van der Waals surface area (Å²) in [7, 11) is 0. The summed E-state index contributed by atoms with van der Waals surface area (Å²) >= 11 is 0. The first-order chi connectivity index (χ1) is 5.66. The lowest BCUT2D eigenvalue weighted by molar-refractivity contribution is 0.321. The number of nitrogens with zero attached hydrogens (tertiary/aromatic N) is 1. The third-order valence-electron chi connectivity index (χ3n) is 1.26. The molecular weight excluding hydrogens is 171 g/mol. The molecule has 0 heterocycles. The second-order valence-electron chi connectivity index (χ2n) is 2.01. The standard InChI is InChI=1S/C7H4F3NO/c8-5-2-1-4(3-11-12)6(9)7(5)10/h1-3,12H. The second kappa shape index (κ2) is 3.25. The quantitative estimate of drug-likeness (QED) is 0.300. The lowest BCUT2D eigenvalue weighted by Gasteiger charge is -1.97. The van der Waals surface area contributed by atoms with E-state index in [1.165, 1.54) is 0 Å². The molecule has 0 fully saturated rings. The van der Waals surface area contributed by atoms with E-state index in [-0.39, 0.29) is 5.56 Å². The molecule has 0 saturated heterocycles. The normalized spacial score (nSPS) is 10.9. The van der Waals surface area contributed by atoms with Gasteiger partial charge in [-0.3, -0.25) is 0 Å². The van der Waals surface area contributed by atoms with Gasteiger partial charge in [0.25, 0.3) is 0 Å². The van der Waals surface area contributed by atoms with Crippen LogP contribution < -0.4 is 0 Å². The van der Waals surface area contributed by atoms with Gasteiger partial charge in [0.1, 0.15) is 0 Å². The first kappa shape index (κ1) is 8.58. The Morgan fingerprint density at radius 3 is 2.42 bits per heavy atom. The van der Waals surface area contributed by atoms with Crippen LogP contribution in [-0.2, 0) is 0 Å². The molecule has 0 atom stereocenters. The zero-order valence-electron chi connectivity index (χ0n) is 5.76. The summed E-state index contributed by atoms with van der Waals surface area (Å²) in [5.41, 5.74) is -0.309. The van der Waals surface area contributed by atoms with Gasteiger partial charge >= 0.3 is 0 Å². The zero-order valence-corrected chi connectivity index (χ0v) is 5.76. The van der Waals surface area contributed by atoms with Crippen LogP contribution in [0.15, 0.2) is 17.3 Å². The predicted molar refractivity (Wildman–Crippen MR) is 35.7 cm³/mol. The van der Waals surface area contributed by atoms with E-state index in [9.17, 15) is 13.2 Å². The maximum absolute atomic E-state index is 12.6. The van der Waals surface area contributed by atoms with Crippen molar-refractivity contribution in [2.75, 3.05) is 0 Å². The van der Waals surface area contributed by atoms with Crippen molar-refractivity contribution in [2.45, 2.75) is 0 Å². The fourth-order valence-electron chi connectivity index (χ4n) is 0.703. The molecule has 12 heavy (non-hydrogen) atoms. The molecule has 64 valence electrons. The number of benzene rings is 1. The van der Waals surface area contributed by atoms with E-state index >= 15 is 0 Å². The van der Waals surface area contributed by atoms with Crippen molar-refractivity contribution in [3.63, 3.8) is 0 Å². The monoisotopic (exact) mass is 175 g/mol. The highest BCUT2D eigenvalue weighted by atomic mass is 19.2. The maximum Gasteiger partial charge on any atom is 0.195 e. The Hall–Kier alpha value is -1.52. The van der Waals surface area contributed by atoms with Crippen LogP contribution in [0.2, 0.25) is 0 Å². The predicted octanol–water partition coefficient (Wildman–Crippen LogP) is 1.91. The van der Waals surface area contributed by atoms with Crippen LogP contribution in [0.25, 0.3) is 0 Å². The highest BCUT2D eigenvalue weighted by molar-refractivity contribution is 5.79. The van der Waals surface area contributed by atoms with Gasteiger partial charge in [-0.2, -0.15) is 0 Å². The van der Waals surface area contributed by atoms with Gasteiger partial charge in [0.05, 0.1) is 6.21 Å². The van der Waals surface area contributed by atoms with Crippen molar-refractivity contribution in [3.05, 3.63) is 35.1 Å². The minimum absolute atomic E-state index is 0.309. The van der Waals surface area contributed by atoms with Crippen molar-refractivity contribution >= 4 is 6.21 Å². The summed E-state index contributed by atoms with van der Waals surface area (Å²) in [6.45, 7) is 0. The molecule has 0 bridgehead atoms. The molecule has 5 heteroatoms. The van der Waals surface area contributed by atoms with Gasteiger partial charge in [0, 0.05) is 5.56 Å². The third kappa shape index (κ3) is 1.39. The van der Waals surface area contributed by atoms with E-state index in [0.717, 1.165) is 12.1 Å². The number of rotatable bonds is 1. The van der Waals surface area contributed by atoms with E-state index in [1.54, 1.807) is 0 Å². The first-order valence-electron chi connectivity index (χ1n) is 2.97. The molecule has 0 saturated carbocycles. The Labute approximate surface area is 65.9 Å². The molecule has 1 N–H and O–H groups in total. The maximum atomic E-state index is 12.6. The van der Waals surface area contributed by atoms with Crippen LogP contribution in [0.5, 0.6) is 0 Å². The van der Waals surface area contributed by atoms with E-state index < -0.39 is 17.5 Å². The molecule has 0 radical (unpaired) electrons. The molecule has 0 unspecified atom stereocenters. The van der Waals surface area contributed by atoms with Crippen LogP contribution in [0.1, 0.15) is 5.56 Å². The van der Waals surface area contributed by atoms with Crippen molar-refractivity contribution in [1.29, 1.82) is 0 Å². The van der Waals surface area contributed by atoms with Crippen LogP contribution in [0.4, 0.5) is 13.2 Å². The van der Waals surface area contributed by atoms with Gasteiger partial charge in [-0.15, -0.1) is 0 Å². The SMILES string of the molecule is ON=Cc1ccc(F)c(F)c1F. The molecule has 0 amide bonds. The van der Waals surface area contributed by atoms with Gasteiger partial charge in [-0.25, -0.2) is 13.2 Å². The van der Waals surface area contributed by atoms with Crippen LogP contribution >= 0.6 is 0 Å². The summed E-state index contributed by atoms with van der Waals surface area (Å²) in [6.07, 6.45) is 0.678. The summed E-state index contributed by atoms with van der Waals surface area (Å²) in [5.74, 6) is -4.22. The molecule has 1 aromatic rings. The second-order valence-corrected chi connectivity index (χ2v) is 2.01. The molecule has 1 aromatic carbocycles. The summed E-state index contributed by atoms with van der Waals surface area (Å²) in [6, 6.07) is 1.71. The van der Waals surface area contributed by atoms with Crippen LogP contribution in [-0.4, -0.2) is 11.4 Å². The Morgan fingerprint density at radius 1 is 1.17 bits per heavy atom. The van der Waals surface area contributed by atoms with E-state index in [0.29, 0.717) is 6.21 Å². The average Bonchev–Trinajstić information content (AvgIpc) is 2.07. The number of halogens is 3. The van der Waals surface area contributed by atoms with Crippen molar-refractivity contribution in [3.8, 4) is 0 Å². The van der Waals surface area contributed by atoms with E-state index in [4.69, 9.17) is 5.21 Å². The summed E-state index contributed by atoms with van der Waals surface area (Å²) in [5, 5.41) is 10.5. The Bertz CT molecular complexity index is 325. The molecule has 0 aliphatic rings. The van der Waals surface area contributed by atoms with Gasteiger partial charge in [-0.05, 0) is 12.1 Å². The lowest BCUT2D eigenvalue weighted by atomic mass is 10.2. The van der Waals surface area contributed by atoms with Gasteiger partial charge in [0.2, 0.25) is 0 Å². The van der Waals surface area contributed by atoms with Crippen LogP contribution in [0.3, 0.4) is 0 Å². The molecule has 0 spiro atoms. The van der Waals surface area contributed by atoms with Crippen molar-refractivity contribution < 1.29 is 18.4 Å². The molecule has 0 aromatic heterocycles. The lowest BCUT2D eigenvalue weighted by Crippen LogP contribution is -1.96. The van der Waals surface area contributed by atoms with Gasteiger partial charge < -0.3 is 5.21 Å². The van der Waals surface area contributed by atoms with E-state index in [2.05, 4.69) is 5.16 Å². The Balaban J connectivity index is 3.26. The van der Waals surface area contributed by atoms with Gasteiger partial charge in [0.15, 0.2) is 17.5 Å². The highest BCUT2D eigenvalue weighted by Crippen LogP contribution is 2.13. The highest BCUT2D eigenvalue weighted by Gasteiger charge is 2.11. The fourth-order valence-corrected chi connectivity index (χ4v) is 0.703. The minimum Gasteiger partial charge on any atom is -0.411 e. The molecular formula is C7H4F3NO. The van der Waals surface area contributed by atoms with Crippen LogP contribution in [0, 0.1) is 17.5 Å². The summed E-state index contributed by atoms with van der Waals surface area (Å²) in [4.78, 5) is 0.